The minimum absolute atomic E-state index is 0.204. The molecule has 2 fully saturated rings. The fourth-order valence-electron chi connectivity index (χ4n) is 4.53. The van der Waals surface area contributed by atoms with Gasteiger partial charge < -0.3 is 20.1 Å². The lowest BCUT2D eigenvalue weighted by Gasteiger charge is -2.52. The second kappa shape index (κ2) is 7.63. The maximum absolute atomic E-state index is 12.9. The Bertz CT molecular complexity index is 937. The minimum atomic E-state index is -0.773. The summed E-state index contributed by atoms with van der Waals surface area (Å²) in [5.41, 5.74) is 1.12. The van der Waals surface area contributed by atoms with E-state index in [2.05, 4.69) is 25.3 Å². The molecule has 162 valence electrons. The predicted molar refractivity (Wildman–Crippen MR) is 111 cm³/mol. The molecule has 1 amide bonds. The van der Waals surface area contributed by atoms with E-state index in [-0.39, 0.29) is 18.1 Å². The van der Waals surface area contributed by atoms with Crippen LogP contribution in [0, 0.1) is 13.8 Å². The van der Waals surface area contributed by atoms with Crippen molar-refractivity contribution in [1.29, 1.82) is 0 Å². The van der Waals surface area contributed by atoms with Crippen molar-refractivity contribution in [3.05, 3.63) is 35.5 Å². The Hall–Kier alpha value is -2.52. The summed E-state index contributed by atoms with van der Waals surface area (Å²) in [6.45, 7) is 7.54. The predicted octanol–water partition coefficient (Wildman–Crippen LogP) is 1.14. The number of anilines is 1. The summed E-state index contributed by atoms with van der Waals surface area (Å²) in [5.74, 6) is 0.712. The number of piperidine rings is 1. The van der Waals surface area contributed by atoms with Gasteiger partial charge in [-0.2, -0.15) is 5.10 Å². The Morgan fingerprint density at radius 2 is 2.03 bits per heavy atom. The van der Waals surface area contributed by atoms with Gasteiger partial charge in [0.25, 0.3) is 5.91 Å². The standard InChI is InChI=1S/C21H30N6O3/c1-14-9-18(23-13-22-14)27-7-5-21(6-8-27)12-20(3,17(28)11-30-21)25-19(29)16-10-24-26(4)15(16)2/h9-10,13,17,28H,5-8,11-12H2,1-4H3,(H,25,29)/t17-,20-/m1/s1. The molecule has 2 aliphatic heterocycles. The number of ether oxygens (including phenoxy) is 1. The summed E-state index contributed by atoms with van der Waals surface area (Å²) in [4.78, 5) is 23.7. The molecule has 0 aromatic carbocycles. The maximum atomic E-state index is 12.9. The average Bonchev–Trinajstić information content (AvgIpc) is 3.04. The second-order valence-electron chi connectivity index (χ2n) is 8.83. The highest BCUT2D eigenvalue weighted by atomic mass is 16.5. The van der Waals surface area contributed by atoms with Crippen molar-refractivity contribution in [1.82, 2.24) is 25.1 Å². The number of hydrogen-bond donors (Lipinski definition) is 2. The number of amides is 1. The van der Waals surface area contributed by atoms with Crippen molar-refractivity contribution in [2.24, 2.45) is 7.05 Å². The Morgan fingerprint density at radius 1 is 1.30 bits per heavy atom. The van der Waals surface area contributed by atoms with Gasteiger partial charge in [0.15, 0.2) is 0 Å². The number of nitrogens with zero attached hydrogens (tertiary/aromatic N) is 5. The van der Waals surface area contributed by atoms with Crippen molar-refractivity contribution in [3.8, 4) is 0 Å². The van der Waals surface area contributed by atoms with E-state index in [0.29, 0.717) is 12.0 Å². The molecule has 9 heteroatoms. The summed E-state index contributed by atoms with van der Waals surface area (Å²) >= 11 is 0. The highest BCUT2D eigenvalue weighted by molar-refractivity contribution is 5.95. The van der Waals surface area contributed by atoms with Crippen LogP contribution in [0.15, 0.2) is 18.6 Å². The first-order chi connectivity index (χ1) is 14.2. The van der Waals surface area contributed by atoms with E-state index >= 15 is 0 Å². The molecule has 2 aromatic heterocycles. The van der Waals surface area contributed by atoms with Gasteiger partial charge in [0.05, 0.1) is 29.5 Å². The van der Waals surface area contributed by atoms with E-state index in [0.717, 1.165) is 43.1 Å². The van der Waals surface area contributed by atoms with Crippen LogP contribution in [0.3, 0.4) is 0 Å². The third-order valence-electron chi connectivity index (χ3n) is 6.64. The molecule has 1 spiro atoms. The fourth-order valence-corrected chi connectivity index (χ4v) is 4.53. The molecule has 0 unspecified atom stereocenters. The summed E-state index contributed by atoms with van der Waals surface area (Å²) in [5, 5.41) is 17.9. The van der Waals surface area contributed by atoms with Gasteiger partial charge in [-0.1, -0.05) is 0 Å². The van der Waals surface area contributed by atoms with Gasteiger partial charge in [-0.05, 0) is 33.6 Å². The molecule has 30 heavy (non-hydrogen) atoms. The number of carbonyl (C=O) groups is 1. The van der Waals surface area contributed by atoms with Gasteiger partial charge in [0, 0.05) is 44.0 Å². The van der Waals surface area contributed by atoms with E-state index in [1.807, 2.05) is 26.8 Å². The first-order valence-electron chi connectivity index (χ1n) is 10.4. The molecule has 2 atom stereocenters. The Kier molecular flexibility index (Phi) is 5.27. The number of hydrogen-bond acceptors (Lipinski definition) is 7. The summed E-state index contributed by atoms with van der Waals surface area (Å²) in [7, 11) is 1.80. The van der Waals surface area contributed by atoms with E-state index in [4.69, 9.17) is 4.74 Å². The van der Waals surface area contributed by atoms with Crippen LogP contribution in [0.5, 0.6) is 0 Å². The number of carbonyl (C=O) groups excluding carboxylic acids is 1. The van der Waals surface area contributed by atoms with Gasteiger partial charge in [-0.3, -0.25) is 9.48 Å². The van der Waals surface area contributed by atoms with Gasteiger partial charge in [0.2, 0.25) is 0 Å². The van der Waals surface area contributed by atoms with Crippen LogP contribution >= 0.6 is 0 Å². The number of aryl methyl sites for hydroxylation is 2. The van der Waals surface area contributed by atoms with Crippen LogP contribution in [0.25, 0.3) is 0 Å². The van der Waals surface area contributed by atoms with E-state index in [9.17, 15) is 9.90 Å². The van der Waals surface area contributed by atoms with Crippen molar-refractivity contribution in [2.75, 3.05) is 24.6 Å². The molecule has 9 nitrogen and oxygen atoms in total. The highest BCUT2D eigenvalue weighted by Gasteiger charge is 2.50. The van der Waals surface area contributed by atoms with Gasteiger partial charge >= 0.3 is 0 Å². The maximum Gasteiger partial charge on any atom is 0.255 e. The van der Waals surface area contributed by atoms with Crippen LogP contribution in [0.1, 0.15) is 47.9 Å². The SMILES string of the molecule is Cc1cc(N2CCC3(CC2)C[C@@](C)(NC(=O)c2cnn(C)c2C)[C@H](O)CO3)ncn1. The summed E-state index contributed by atoms with van der Waals surface area (Å²) in [6, 6.07) is 1.99. The normalized spacial score (nSPS) is 26.0. The third kappa shape index (κ3) is 3.79. The van der Waals surface area contributed by atoms with Crippen LogP contribution in [-0.4, -0.2) is 67.7 Å². The molecule has 0 aliphatic carbocycles. The lowest BCUT2D eigenvalue weighted by Crippen LogP contribution is -2.65. The molecule has 2 aromatic rings. The van der Waals surface area contributed by atoms with Crippen LogP contribution in [-0.2, 0) is 11.8 Å². The van der Waals surface area contributed by atoms with Crippen LogP contribution in [0.2, 0.25) is 0 Å². The number of rotatable bonds is 3. The smallest absolute Gasteiger partial charge is 0.255 e. The molecule has 0 bridgehead atoms. The summed E-state index contributed by atoms with van der Waals surface area (Å²) in [6.07, 6.45) is 4.56. The Morgan fingerprint density at radius 3 is 2.67 bits per heavy atom. The number of nitrogens with one attached hydrogen (secondary N) is 1. The quantitative estimate of drug-likeness (QED) is 0.776. The lowest BCUT2D eigenvalue weighted by atomic mass is 9.74. The first kappa shape index (κ1) is 20.7. The number of aromatic nitrogens is 4. The molecule has 2 aliphatic rings. The van der Waals surface area contributed by atoms with Crippen molar-refractivity contribution in [3.63, 3.8) is 0 Å². The zero-order valence-corrected chi connectivity index (χ0v) is 18.1. The van der Waals surface area contributed by atoms with Crippen LogP contribution in [0.4, 0.5) is 5.82 Å². The van der Waals surface area contributed by atoms with Crippen LogP contribution < -0.4 is 10.2 Å². The molecular weight excluding hydrogens is 384 g/mol. The molecule has 2 saturated heterocycles. The largest absolute Gasteiger partial charge is 0.388 e. The lowest BCUT2D eigenvalue weighted by molar-refractivity contribution is -0.167. The zero-order chi connectivity index (χ0) is 21.5. The van der Waals surface area contributed by atoms with Crippen molar-refractivity contribution < 1.29 is 14.6 Å². The molecule has 0 saturated carbocycles. The molecular formula is C21H30N6O3. The average molecular weight is 415 g/mol. The van der Waals surface area contributed by atoms with Gasteiger partial charge in [-0.25, -0.2) is 9.97 Å². The summed E-state index contributed by atoms with van der Waals surface area (Å²) < 4.78 is 7.83. The number of aliphatic hydroxyl groups excluding tert-OH is 1. The van der Waals surface area contributed by atoms with E-state index in [1.54, 1.807) is 24.3 Å². The Balaban J connectivity index is 1.46. The molecule has 4 heterocycles. The molecule has 2 N–H and O–H groups in total. The fraction of sp³-hybridized carbons (Fsp3) is 0.619. The number of aliphatic hydroxyl groups is 1. The highest BCUT2D eigenvalue weighted by Crippen LogP contribution is 2.40. The Labute approximate surface area is 176 Å². The van der Waals surface area contributed by atoms with Crippen molar-refractivity contribution in [2.45, 2.75) is 57.3 Å². The van der Waals surface area contributed by atoms with Crippen molar-refractivity contribution >= 4 is 11.7 Å². The van der Waals surface area contributed by atoms with Gasteiger partial charge in [0.1, 0.15) is 18.2 Å². The molecule has 0 radical (unpaired) electrons. The monoisotopic (exact) mass is 414 g/mol. The minimum Gasteiger partial charge on any atom is -0.388 e. The second-order valence-corrected chi connectivity index (χ2v) is 8.83. The van der Waals surface area contributed by atoms with Gasteiger partial charge in [-0.15, -0.1) is 0 Å². The topological polar surface area (TPSA) is 105 Å². The van der Waals surface area contributed by atoms with E-state index in [1.165, 1.54) is 0 Å². The molecule has 4 rings (SSSR count). The third-order valence-corrected chi connectivity index (χ3v) is 6.64. The van der Waals surface area contributed by atoms with E-state index < -0.39 is 11.6 Å². The first-order valence-corrected chi connectivity index (χ1v) is 10.4. The zero-order valence-electron chi connectivity index (χ0n) is 18.1.